The highest BCUT2D eigenvalue weighted by atomic mass is 19.4. The molecule has 0 bridgehead atoms. The predicted octanol–water partition coefficient (Wildman–Crippen LogP) is 2.64. The third kappa shape index (κ3) is 4.02. The van der Waals surface area contributed by atoms with Crippen molar-refractivity contribution in [3.8, 4) is 0 Å². The molecule has 0 radical (unpaired) electrons. The number of rotatable bonds is 4. The Morgan fingerprint density at radius 1 is 1.21 bits per heavy atom. The standard InChI is InChI=1S/C19H20F3N3O3/c1-11-15(12(2)25(23-11)10-19(20,21)22)8-17(26)24-9-14-6-4-3-5-13(14)7-16(24)18(27)28/h3-6,16H,7-10H2,1-2H3,(H,27,28). The van der Waals surface area contributed by atoms with E-state index in [1.54, 1.807) is 6.92 Å². The molecule has 150 valence electrons. The molecule has 0 spiro atoms. The van der Waals surface area contributed by atoms with E-state index >= 15 is 0 Å². The summed E-state index contributed by atoms with van der Waals surface area (Å²) in [5.41, 5.74) is 2.74. The highest BCUT2D eigenvalue weighted by molar-refractivity contribution is 5.86. The minimum atomic E-state index is -4.42. The Hall–Kier alpha value is -2.84. The van der Waals surface area contributed by atoms with Crippen molar-refractivity contribution in [2.24, 2.45) is 0 Å². The molecule has 1 aromatic carbocycles. The molecule has 0 fully saturated rings. The third-order valence-electron chi connectivity index (χ3n) is 5.04. The van der Waals surface area contributed by atoms with Gasteiger partial charge in [-0.2, -0.15) is 18.3 Å². The lowest BCUT2D eigenvalue weighted by Crippen LogP contribution is -2.49. The first-order chi connectivity index (χ1) is 13.1. The minimum absolute atomic E-state index is 0.154. The monoisotopic (exact) mass is 395 g/mol. The van der Waals surface area contributed by atoms with Crippen molar-refractivity contribution in [3.63, 3.8) is 0 Å². The number of alkyl halides is 3. The first-order valence-electron chi connectivity index (χ1n) is 8.75. The number of carboxylic acids is 1. The Bertz CT molecular complexity index is 921. The summed E-state index contributed by atoms with van der Waals surface area (Å²) in [6.45, 7) is 1.95. The van der Waals surface area contributed by atoms with Crippen molar-refractivity contribution in [1.82, 2.24) is 14.7 Å². The molecule has 1 aromatic heterocycles. The molecule has 2 aromatic rings. The van der Waals surface area contributed by atoms with E-state index in [2.05, 4.69) is 5.10 Å². The van der Waals surface area contributed by atoms with E-state index in [0.717, 1.165) is 15.8 Å². The molecule has 0 saturated heterocycles. The fourth-order valence-corrected chi connectivity index (χ4v) is 3.57. The highest BCUT2D eigenvalue weighted by Gasteiger charge is 2.35. The molecule has 0 aliphatic carbocycles. The lowest BCUT2D eigenvalue weighted by Gasteiger charge is -2.34. The van der Waals surface area contributed by atoms with Gasteiger partial charge in [0.2, 0.25) is 5.91 Å². The van der Waals surface area contributed by atoms with Gasteiger partial charge in [0, 0.05) is 24.2 Å². The Balaban J connectivity index is 1.85. The first-order valence-corrected chi connectivity index (χ1v) is 8.75. The molecule has 0 saturated carbocycles. The van der Waals surface area contributed by atoms with Crippen molar-refractivity contribution >= 4 is 11.9 Å². The Labute approximate surface area is 159 Å². The van der Waals surface area contributed by atoms with Gasteiger partial charge < -0.3 is 10.0 Å². The van der Waals surface area contributed by atoms with Crippen LogP contribution in [0.4, 0.5) is 13.2 Å². The second-order valence-corrected chi connectivity index (χ2v) is 6.95. The summed E-state index contributed by atoms with van der Waals surface area (Å²) in [7, 11) is 0. The number of carbonyl (C=O) groups excluding carboxylic acids is 1. The van der Waals surface area contributed by atoms with Crippen LogP contribution in [-0.4, -0.2) is 43.9 Å². The van der Waals surface area contributed by atoms with Crippen molar-refractivity contribution in [2.75, 3.05) is 0 Å². The van der Waals surface area contributed by atoms with E-state index < -0.39 is 30.6 Å². The Morgan fingerprint density at radius 2 is 1.86 bits per heavy atom. The Morgan fingerprint density at radius 3 is 2.46 bits per heavy atom. The molecule has 3 rings (SSSR count). The molecule has 28 heavy (non-hydrogen) atoms. The summed E-state index contributed by atoms with van der Waals surface area (Å²) in [6.07, 6.45) is -4.42. The van der Waals surface area contributed by atoms with Gasteiger partial charge in [-0.3, -0.25) is 9.48 Å². The van der Waals surface area contributed by atoms with Crippen LogP contribution in [0.15, 0.2) is 24.3 Å². The number of aryl methyl sites for hydroxylation is 1. The summed E-state index contributed by atoms with van der Waals surface area (Å²) < 4.78 is 38.9. The second-order valence-electron chi connectivity index (χ2n) is 6.95. The average Bonchev–Trinajstić information content (AvgIpc) is 2.86. The molecule has 1 amide bonds. The number of hydrogen-bond donors (Lipinski definition) is 1. The molecule has 2 heterocycles. The van der Waals surface area contributed by atoms with Crippen LogP contribution in [0.25, 0.3) is 0 Å². The van der Waals surface area contributed by atoms with Crippen LogP contribution in [0.2, 0.25) is 0 Å². The SMILES string of the molecule is Cc1nn(CC(F)(F)F)c(C)c1CC(=O)N1Cc2ccccc2CC1C(=O)O. The molecule has 6 nitrogen and oxygen atoms in total. The lowest BCUT2D eigenvalue weighted by atomic mass is 9.93. The summed E-state index contributed by atoms with van der Waals surface area (Å²) >= 11 is 0. The number of benzene rings is 1. The molecule has 1 N–H and O–H groups in total. The van der Waals surface area contributed by atoms with Gasteiger partial charge in [0.15, 0.2) is 0 Å². The second kappa shape index (κ2) is 7.29. The topological polar surface area (TPSA) is 75.4 Å². The van der Waals surface area contributed by atoms with E-state index in [1.165, 1.54) is 11.8 Å². The van der Waals surface area contributed by atoms with E-state index in [0.29, 0.717) is 11.3 Å². The van der Waals surface area contributed by atoms with Gasteiger partial charge in [0.1, 0.15) is 12.6 Å². The largest absolute Gasteiger partial charge is 0.480 e. The third-order valence-corrected chi connectivity index (χ3v) is 5.04. The van der Waals surface area contributed by atoms with Crippen LogP contribution in [0.5, 0.6) is 0 Å². The van der Waals surface area contributed by atoms with Gasteiger partial charge in [-0.05, 0) is 25.0 Å². The lowest BCUT2D eigenvalue weighted by molar-refractivity contribution is -0.151. The number of aromatic nitrogens is 2. The molecule has 1 unspecified atom stereocenters. The van der Waals surface area contributed by atoms with Crippen molar-refractivity contribution < 1.29 is 27.9 Å². The zero-order chi connectivity index (χ0) is 20.6. The van der Waals surface area contributed by atoms with Crippen molar-refractivity contribution in [1.29, 1.82) is 0 Å². The number of aliphatic carboxylic acids is 1. The molecule has 1 atom stereocenters. The summed E-state index contributed by atoms with van der Waals surface area (Å²) in [6, 6.07) is 6.30. The van der Waals surface area contributed by atoms with Crippen LogP contribution in [0.3, 0.4) is 0 Å². The maximum Gasteiger partial charge on any atom is 0.408 e. The van der Waals surface area contributed by atoms with Gasteiger partial charge >= 0.3 is 12.1 Å². The number of nitrogens with zero attached hydrogens (tertiary/aromatic N) is 3. The average molecular weight is 395 g/mol. The summed E-state index contributed by atoms with van der Waals surface area (Å²) in [5, 5.41) is 13.4. The summed E-state index contributed by atoms with van der Waals surface area (Å²) in [5.74, 6) is -1.55. The zero-order valence-electron chi connectivity index (χ0n) is 15.5. The van der Waals surface area contributed by atoms with Crippen LogP contribution < -0.4 is 0 Å². The van der Waals surface area contributed by atoms with Gasteiger partial charge in [-0.1, -0.05) is 24.3 Å². The van der Waals surface area contributed by atoms with E-state index in [9.17, 15) is 27.9 Å². The molecule has 1 aliphatic heterocycles. The van der Waals surface area contributed by atoms with Crippen LogP contribution >= 0.6 is 0 Å². The maximum atomic E-state index is 12.9. The number of carbonyl (C=O) groups is 2. The van der Waals surface area contributed by atoms with Gasteiger partial charge in [0.25, 0.3) is 0 Å². The number of carboxylic acid groups (broad SMARTS) is 1. The summed E-state index contributed by atoms with van der Waals surface area (Å²) in [4.78, 5) is 25.9. The molecule has 1 aliphatic rings. The smallest absolute Gasteiger partial charge is 0.408 e. The van der Waals surface area contributed by atoms with E-state index in [4.69, 9.17) is 0 Å². The van der Waals surface area contributed by atoms with Gasteiger partial charge in [-0.15, -0.1) is 0 Å². The van der Waals surface area contributed by atoms with Crippen LogP contribution in [0.1, 0.15) is 28.1 Å². The zero-order valence-corrected chi connectivity index (χ0v) is 15.5. The fraction of sp³-hybridized carbons (Fsp3) is 0.421. The van der Waals surface area contributed by atoms with Gasteiger partial charge in [-0.25, -0.2) is 4.79 Å². The van der Waals surface area contributed by atoms with E-state index in [-0.39, 0.29) is 25.1 Å². The Kier molecular flexibility index (Phi) is 5.18. The highest BCUT2D eigenvalue weighted by Crippen LogP contribution is 2.26. The number of fused-ring (bicyclic) bond motifs is 1. The molecule has 9 heteroatoms. The number of hydrogen-bond acceptors (Lipinski definition) is 3. The minimum Gasteiger partial charge on any atom is -0.480 e. The van der Waals surface area contributed by atoms with Crippen molar-refractivity contribution in [3.05, 3.63) is 52.3 Å². The van der Waals surface area contributed by atoms with Crippen molar-refractivity contribution in [2.45, 2.75) is 52.0 Å². The number of amides is 1. The fourth-order valence-electron chi connectivity index (χ4n) is 3.57. The quantitative estimate of drug-likeness (QED) is 0.864. The molecular formula is C19H20F3N3O3. The number of halogens is 3. The van der Waals surface area contributed by atoms with Crippen LogP contribution in [0, 0.1) is 13.8 Å². The van der Waals surface area contributed by atoms with Gasteiger partial charge in [0.05, 0.1) is 12.1 Å². The normalized spacial score (nSPS) is 16.8. The maximum absolute atomic E-state index is 12.9. The predicted molar refractivity (Wildman–Crippen MR) is 93.6 cm³/mol. The van der Waals surface area contributed by atoms with E-state index in [1.807, 2.05) is 24.3 Å². The van der Waals surface area contributed by atoms with Crippen LogP contribution in [-0.2, 0) is 35.5 Å². The first kappa shape index (κ1) is 19.9. The molecular weight excluding hydrogens is 375 g/mol.